The van der Waals surface area contributed by atoms with E-state index in [4.69, 9.17) is 18.9 Å². The second kappa shape index (κ2) is 10.8. The zero-order valence-electron chi connectivity index (χ0n) is 19.4. The lowest BCUT2D eigenvalue weighted by molar-refractivity contribution is -0.119. The van der Waals surface area contributed by atoms with Gasteiger partial charge in [0.1, 0.15) is 25.6 Å². The van der Waals surface area contributed by atoms with Crippen LogP contribution in [0.2, 0.25) is 0 Å². The van der Waals surface area contributed by atoms with Crippen LogP contribution in [0.1, 0.15) is 15.9 Å². The third kappa shape index (κ3) is 5.63. The van der Waals surface area contributed by atoms with Crippen molar-refractivity contribution in [1.29, 1.82) is 0 Å². The van der Waals surface area contributed by atoms with E-state index < -0.39 is 11.8 Å². The molecule has 8 nitrogen and oxygen atoms in total. The standard InChI is InChI=1S/C26H25FN2O6/c1-32-21-9-5-18(13-23(21)33-2)26(31)29(20-8-10-22-24(14-20)35-12-11-34-22)16-25(30)28-15-17-3-6-19(27)7-4-17/h3-10,13-14H,11-12,15-16H2,1-2H3,(H,28,30). The molecular formula is C26H25FN2O6. The Morgan fingerprint density at radius 3 is 2.34 bits per heavy atom. The van der Waals surface area contributed by atoms with Gasteiger partial charge in [-0.15, -0.1) is 0 Å². The highest BCUT2D eigenvalue weighted by Gasteiger charge is 2.24. The van der Waals surface area contributed by atoms with Gasteiger partial charge < -0.3 is 24.3 Å². The smallest absolute Gasteiger partial charge is 0.258 e. The number of halogens is 1. The monoisotopic (exact) mass is 480 g/mol. The summed E-state index contributed by atoms with van der Waals surface area (Å²) in [4.78, 5) is 27.7. The molecule has 4 rings (SSSR count). The van der Waals surface area contributed by atoms with Crippen molar-refractivity contribution in [3.63, 3.8) is 0 Å². The molecule has 0 unspecified atom stereocenters. The molecule has 0 aliphatic carbocycles. The zero-order chi connectivity index (χ0) is 24.8. The van der Waals surface area contributed by atoms with Crippen molar-refractivity contribution in [3.8, 4) is 23.0 Å². The minimum atomic E-state index is -0.417. The number of amides is 2. The summed E-state index contributed by atoms with van der Waals surface area (Å²) in [7, 11) is 2.99. The number of fused-ring (bicyclic) bond motifs is 1. The molecule has 1 aliphatic rings. The van der Waals surface area contributed by atoms with Gasteiger partial charge in [-0.3, -0.25) is 14.5 Å². The van der Waals surface area contributed by atoms with Gasteiger partial charge in [0, 0.05) is 23.9 Å². The van der Waals surface area contributed by atoms with Crippen LogP contribution < -0.4 is 29.2 Å². The second-order valence-electron chi connectivity index (χ2n) is 7.69. The van der Waals surface area contributed by atoms with E-state index in [0.717, 1.165) is 5.56 Å². The molecule has 182 valence electrons. The molecule has 3 aromatic rings. The number of nitrogens with one attached hydrogen (secondary N) is 1. The highest BCUT2D eigenvalue weighted by atomic mass is 19.1. The van der Waals surface area contributed by atoms with E-state index in [1.807, 2.05) is 0 Å². The van der Waals surface area contributed by atoms with E-state index in [1.54, 1.807) is 48.5 Å². The number of carbonyl (C=O) groups is 2. The molecule has 0 atom stereocenters. The van der Waals surface area contributed by atoms with E-state index in [1.165, 1.54) is 31.3 Å². The third-order valence-corrected chi connectivity index (χ3v) is 5.42. The summed E-state index contributed by atoms with van der Waals surface area (Å²) in [6.45, 7) is 0.761. The molecule has 9 heteroatoms. The summed E-state index contributed by atoms with van der Waals surface area (Å²) in [5, 5.41) is 2.77. The number of carbonyl (C=O) groups excluding carboxylic acids is 2. The summed E-state index contributed by atoms with van der Waals surface area (Å²) < 4.78 is 35.0. The van der Waals surface area contributed by atoms with Crippen LogP contribution in [-0.2, 0) is 11.3 Å². The zero-order valence-corrected chi connectivity index (χ0v) is 19.4. The normalized spacial score (nSPS) is 12.0. The van der Waals surface area contributed by atoms with Crippen molar-refractivity contribution in [2.24, 2.45) is 0 Å². The summed E-state index contributed by atoms with van der Waals surface area (Å²) in [6, 6.07) is 15.7. The van der Waals surface area contributed by atoms with Crippen LogP contribution in [0, 0.1) is 5.82 Å². The van der Waals surface area contributed by atoms with Crippen molar-refractivity contribution >= 4 is 17.5 Å². The van der Waals surface area contributed by atoms with Gasteiger partial charge in [-0.1, -0.05) is 12.1 Å². The van der Waals surface area contributed by atoms with Gasteiger partial charge in [0.2, 0.25) is 5.91 Å². The average Bonchev–Trinajstić information content (AvgIpc) is 2.90. The SMILES string of the molecule is COc1ccc(C(=O)N(CC(=O)NCc2ccc(F)cc2)c2ccc3c(c2)OCCO3)cc1OC. The van der Waals surface area contributed by atoms with Gasteiger partial charge in [-0.2, -0.15) is 0 Å². The number of rotatable bonds is 8. The fourth-order valence-corrected chi connectivity index (χ4v) is 3.61. The van der Waals surface area contributed by atoms with Gasteiger partial charge in [0.15, 0.2) is 23.0 Å². The minimum Gasteiger partial charge on any atom is -0.493 e. The first-order valence-corrected chi connectivity index (χ1v) is 10.9. The molecule has 0 spiro atoms. The fourth-order valence-electron chi connectivity index (χ4n) is 3.61. The first-order chi connectivity index (χ1) is 17.0. The van der Waals surface area contributed by atoms with Crippen molar-refractivity contribution in [2.45, 2.75) is 6.54 Å². The van der Waals surface area contributed by atoms with Gasteiger partial charge in [0.05, 0.1) is 14.2 Å². The molecule has 2 amide bonds. The van der Waals surface area contributed by atoms with Crippen LogP contribution in [0.5, 0.6) is 23.0 Å². The quantitative estimate of drug-likeness (QED) is 0.531. The van der Waals surface area contributed by atoms with Crippen LogP contribution in [0.25, 0.3) is 0 Å². The largest absolute Gasteiger partial charge is 0.493 e. The van der Waals surface area contributed by atoms with Crippen molar-refractivity contribution in [3.05, 3.63) is 77.6 Å². The number of benzene rings is 3. The van der Waals surface area contributed by atoms with E-state index >= 15 is 0 Å². The molecule has 35 heavy (non-hydrogen) atoms. The Hall–Kier alpha value is -4.27. The van der Waals surface area contributed by atoms with Crippen LogP contribution in [0.3, 0.4) is 0 Å². The number of nitrogens with zero attached hydrogens (tertiary/aromatic N) is 1. The van der Waals surface area contributed by atoms with E-state index in [-0.39, 0.29) is 18.9 Å². The molecule has 0 radical (unpaired) electrons. The average molecular weight is 480 g/mol. The molecule has 1 heterocycles. The Balaban J connectivity index is 1.59. The predicted octanol–water partition coefficient (Wildman–Crippen LogP) is 3.58. The molecule has 0 aromatic heterocycles. The maximum atomic E-state index is 13.6. The summed E-state index contributed by atoms with van der Waals surface area (Å²) in [6.07, 6.45) is 0. The molecule has 1 N–H and O–H groups in total. The fraction of sp³-hybridized carbons (Fsp3) is 0.231. The first kappa shape index (κ1) is 23.9. The van der Waals surface area contributed by atoms with Crippen LogP contribution in [0.4, 0.5) is 10.1 Å². The predicted molar refractivity (Wildman–Crippen MR) is 127 cm³/mol. The molecular weight excluding hydrogens is 455 g/mol. The Bertz CT molecular complexity index is 1210. The molecule has 3 aromatic carbocycles. The minimum absolute atomic E-state index is 0.193. The molecule has 0 saturated heterocycles. The second-order valence-corrected chi connectivity index (χ2v) is 7.69. The molecule has 0 saturated carbocycles. The molecule has 0 bridgehead atoms. The highest BCUT2D eigenvalue weighted by molar-refractivity contribution is 6.09. The van der Waals surface area contributed by atoms with E-state index in [2.05, 4.69) is 5.32 Å². The lowest BCUT2D eigenvalue weighted by Crippen LogP contribution is -2.40. The topological polar surface area (TPSA) is 86.3 Å². The number of hydrogen-bond donors (Lipinski definition) is 1. The summed E-state index contributed by atoms with van der Waals surface area (Å²) in [5.74, 6) is 0.765. The van der Waals surface area contributed by atoms with Crippen LogP contribution in [0.15, 0.2) is 60.7 Å². The maximum absolute atomic E-state index is 13.6. The van der Waals surface area contributed by atoms with Crippen LogP contribution in [-0.4, -0.2) is 45.8 Å². The van der Waals surface area contributed by atoms with Gasteiger partial charge in [0.25, 0.3) is 5.91 Å². The number of ether oxygens (including phenoxy) is 4. The number of anilines is 1. The molecule has 1 aliphatic heterocycles. The van der Waals surface area contributed by atoms with E-state index in [0.29, 0.717) is 47.5 Å². The van der Waals surface area contributed by atoms with Gasteiger partial charge in [-0.05, 0) is 48.0 Å². The first-order valence-electron chi connectivity index (χ1n) is 10.9. The van der Waals surface area contributed by atoms with Crippen molar-refractivity contribution < 1.29 is 32.9 Å². The number of hydrogen-bond acceptors (Lipinski definition) is 6. The van der Waals surface area contributed by atoms with Crippen molar-refractivity contribution in [2.75, 3.05) is 38.9 Å². The lowest BCUT2D eigenvalue weighted by Gasteiger charge is -2.25. The third-order valence-electron chi connectivity index (χ3n) is 5.42. The van der Waals surface area contributed by atoms with E-state index in [9.17, 15) is 14.0 Å². The Morgan fingerprint density at radius 2 is 1.63 bits per heavy atom. The Labute approximate surface area is 202 Å². The lowest BCUT2D eigenvalue weighted by atomic mass is 10.1. The van der Waals surface area contributed by atoms with Crippen molar-refractivity contribution in [1.82, 2.24) is 5.32 Å². The maximum Gasteiger partial charge on any atom is 0.258 e. The number of methoxy groups -OCH3 is 2. The van der Waals surface area contributed by atoms with Gasteiger partial charge >= 0.3 is 0 Å². The van der Waals surface area contributed by atoms with Crippen LogP contribution >= 0.6 is 0 Å². The summed E-state index contributed by atoms with van der Waals surface area (Å²) >= 11 is 0. The van der Waals surface area contributed by atoms with Gasteiger partial charge in [-0.25, -0.2) is 4.39 Å². The molecule has 0 fully saturated rings. The summed E-state index contributed by atoms with van der Waals surface area (Å²) in [5.41, 5.74) is 1.51. The Morgan fingerprint density at radius 1 is 0.914 bits per heavy atom. The highest BCUT2D eigenvalue weighted by Crippen LogP contribution is 2.35. The Kier molecular flexibility index (Phi) is 7.35.